The summed E-state index contributed by atoms with van der Waals surface area (Å²) in [6.07, 6.45) is 1.87. The normalized spacial score (nSPS) is 16.2. The molecule has 1 saturated heterocycles. The third-order valence-electron chi connectivity index (χ3n) is 4.67. The van der Waals surface area contributed by atoms with Crippen LogP contribution in [-0.2, 0) is 0 Å². The number of hydrogen-bond donors (Lipinski definition) is 0. The van der Waals surface area contributed by atoms with E-state index in [1.54, 1.807) is 20.3 Å². The zero-order valence-electron chi connectivity index (χ0n) is 14.6. The van der Waals surface area contributed by atoms with Crippen LogP contribution in [0.15, 0.2) is 36.4 Å². The second kappa shape index (κ2) is 7.31. The largest absolute Gasteiger partial charge is 0.497 e. The molecule has 1 atom stereocenters. The van der Waals surface area contributed by atoms with Gasteiger partial charge in [-0.15, -0.1) is 0 Å². The number of nitro groups is 1. The molecule has 0 N–H and O–H groups in total. The van der Waals surface area contributed by atoms with E-state index in [0.29, 0.717) is 17.0 Å². The van der Waals surface area contributed by atoms with Gasteiger partial charge < -0.3 is 14.4 Å². The zero-order valence-corrected chi connectivity index (χ0v) is 14.6. The van der Waals surface area contributed by atoms with Gasteiger partial charge >= 0.3 is 0 Å². The first kappa shape index (κ1) is 17.5. The van der Waals surface area contributed by atoms with Crippen molar-refractivity contribution in [2.75, 3.05) is 25.7 Å². The summed E-state index contributed by atoms with van der Waals surface area (Å²) in [5, 5.41) is 20.5. The molecular weight excluding hydrogens is 334 g/mol. The van der Waals surface area contributed by atoms with Gasteiger partial charge in [0.05, 0.1) is 36.4 Å². The van der Waals surface area contributed by atoms with E-state index in [2.05, 4.69) is 11.0 Å². The Bertz CT molecular complexity index is 876. The van der Waals surface area contributed by atoms with Gasteiger partial charge in [-0.2, -0.15) is 5.26 Å². The Morgan fingerprint density at radius 2 is 2.04 bits per heavy atom. The molecular formula is C19H19N3O4. The van der Waals surface area contributed by atoms with Crippen molar-refractivity contribution in [1.29, 1.82) is 5.26 Å². The average molecular weight is 353 g/mol. The number of ether oxygens (including phenoxy) is 2. The number of non-ortho nitro benzene ring substituents is 1. The molecule has 0 aliphatic carbocycles. The Labute approximate surface area is 151 Å². The number of nitrogens with zero attached hydrogens (tertiary/aromatic N) is 3. The minimum atomic E-state index is -0.488. The van der Waals surface area contributed by atoms with Crippen molar-refractivity contribution < 1.29 is 14.4 Å². The minimum absolute atomic E-state index is 0.0319. The van der Waals surface area contributed by atoms with Crippen LogP contribution in [0.2, 0.25) is 0 Å². The van der Waals surface area contributed by atoms with Crippen molar-refractivity contribution in [3.8, 4) is 17.6 Å². The second-order valence-corrected chi connectivity index (χ2v) is 6.03. The smallest absolute Gasteiger partial charge is 0.270 e. The summed E-state index contributed by atoms with van der Waals surface area (Å²) < 4.78 is 10.8. The molecule has 1 aliphatic rings. The van der Waals surface area contributed by atoms with Crippen LogP contribution in [0.25, 0.3) is 0 Å². The first-order valence-corrected chi connectivity index (χ1v) is 8.26. The molecule has 3 rings (SSSR count). The topological polar surface area (TPSA) is 88.6 Å². The molecule has 1 heterocycles. The Balaban J connectivity index is 2.02. The molecule has 7 heteroatoms. The van der Waals surface area contributed by atoms with Gasteiger partial charge in [-0.05, 0) is 31.0 Å². The molecule has 2 aromatic rings. The molecule has 0 amide bonds. The van der Waals surface area contributed by atoms with Crippen LogP contribution >= 0.6 is 0 Å². The standard InChI is InChI=1S/C19H19N3O4/c1-25-15-6-7-16(19(11-15)26-2)18-4-3-9-21(18)17-8-5-14(22(23)24)10-13(17)12-20/h5-8,10-11,18H,3-4,9H2,1-2H3/t18-/m1/s1. The summed E-state index contributed by atoms with van der Waals surface area (Å²) in [4.78, 5) is 12.6. The van der Waals surface area contributed by atoms with Crippen molar-refractivity contribution >= 4 is 11.4 Å². The van der Waals surface area contributed by atoms with Gasteiger partial charge in [0.2, 0.25) is 0 Å². The SMILES string of the molecule is COc1ccc([C@H]2CCCN2c2ccc([N+](=O)[O-])cc2C#N)c(OC)c1. The number of nitro benzene ring substituents is 1. The summed E-state index contributed by atoms with van der Waals surface area (Å²) in [6, 6.07) is 12.2. The van der Waals surface area contributed by atoms with Gasteiger partial charge in [-0.25, -0.2) is 0 Å². The Hall–Kier alpha value is -3.27. The molecule has 0 spiro atoms. The van der Waals surface area contributed by atoms with Gasteiger partial charge in [-0.3, -0.25) is 10.1 Å². The third kappa shape index (κ3) is 3.14. The first-order chi connectivity index (χ1) is 12.6. The van der Waals surface area contributed by atoms with Gasteiger partial charge in [0.15, 0.2) is 0 Å². The number of nitriles is 1. The lowest BCUT2D eigenvalue weighted by atomic mass is 10.0. The fourth-order valence-electron chi connectivity index (χ4n) is 3.45. The fraction of sp³-hybridized carbons (Fsp3) is 0.316. The summed E-state index contributed by atoms with van der Waals surface area (Å²) in [6.45, 7) is 0.770. The quantitative estimate of drug-likeness (QED) is 0.599. The van der Waals surface area contributed by atoms with Crippen LogP contribution in [0.5, 0.6) is 11.5 Å². The number of hydrogen-bond acceptors (Lipinski definition) is 6. The van der Waals surface area contributed by atoms with Crippen molar-refractivity contribution in [3.05, 3.63) is 57.6 Å². The summed E-state index contributed by atoms with van der Waals surface area (Å²) in [5.74, 6) is 1.44. The maximum atomic E-state index is 11.0. The van der Waals surface area contributed by atoms with Crippen LogP contribution in [0.4, 0.5) is 11.4 Å². The van der Waals surface area contributed by atoms with Crippen molar-refractivity contribution in [2.45, 2.75) is 18.9 Å². The average Bonchev–Trinajstić information content (AvgIpc) is 3.15. The molecule has 134 valence electrons. The van der Waals surface area contributed by atoms with E-state index in [9.17, 15) is 15.4 Å². The number of rotatable bonds is 5. The predicted molar refractivity (Wildman–Crippen MR) is 96.7 cm³/mol. The highest BCUT2D eigenvalue weighted by Gasteiger charge is 2.30. The number of methoxy groups -OCH3 is 2. The highest BCUT2D eigenvalue weighted by Crippen LogP contribution is 2.42. The molecule has 0 unspecified atom stereocenters. The second-order valence-electron chi connectivity index (χ2n) is 6.03. The lowest BCUT2D eigenvalue weighted by Crippen LogP contribution is -2.24. The molecule has 0 radical (unpaired) electrons. The van der Waals surface area contributed by atoms with E-state index < -0.39 is 4.92 Å². The van der Waals surface area contributed by atoms with E-state index in [1.165, 1.54) is 12.1 Å². The van der Waals surface area contributed by atoms with Crippen molar-refractivity contribution in [1.82, 2.24) is 0 Å². The van der Waals surface area contributed by atoms with Gasteiger partial charge in [-0.1, -0.05) is 0 Å². The molecule has 26 heavy (non-hydrogen) atoms. The van der Waals surface area contributed by atoms with E-state index in [4.69, 9.17) is 9.47 Å². The monoisotopic (exact) mass is 353 g/mol. The Morgan fingerprint density at radius 3 is 2.69 bits per heavy atom. The van der Waals surface area contributed by atoms with E-state index in [1.807, 2.05) is 18.2 Å². The Morgan fingerprint density at radius 1 is 1.23 bits per heavy atom. The number of benzene rings is 2. The zero-order chi connectivity index (χ0) is 18.7. The van der Waals surface area contributed by atoms with Crippen LogP contribution in [0.3, 0.4) is 0 Å². The molecule has 1 fully saturated rings. The molecule has 2 aromatic carbocycles. The maximum Gasteiger partial charge on any atom is 0.270 e. The van der Waals surface area contributed by atoms with Crippen molar-refractivity contribution in [3.63, 3.8) is 0 Å². The van der Waals surface area contributed by atoms with Gasteiger partial charge in [0, 0.05) is 30.3 Å². The van der Waals surface area contributed by atoms with E-state index in [0.717, 1.165) is 30.7 Å². The first-order valence-electron chi connectivity index (χ1n) is 8.26. The third-order valence-corrected chi connectivity index (χ3v) is 4.67. The highest BCUT2D eigenvalue weighted by atomic mass is 16.6. The van der Waals surface area contributed by atoms with Crippen LogP contribution in [-0.4, -0.2) is 25.7 Å². The van der Waals surface area contributed by atoms with E-state index >= 15 is 0 Å². The Kier molecular flexibility index (Phi) is 4.94. The lowest BCUT2D eigenvalue weighted by molar-refractivity contribution is -0.384. The van der Waals surface area contributed by atoms with Crippen LogP contribution in [0, 0.1) is 21.4 Å². The summed E-state index contributed by atoms with van der Waals surface area (Å²) >= 11 is 0. The van der Waals surface area contributed by atoms with Crippen molar-refractivity contribution in [2.24, 2.45) is 0 Å². The molecule has 0 saturated carbocycles. The maximum absolute atomic E-state index is 11.0. The predicted octanol–water partition coefficient (Wildman–Crippen LogP) is 3.83. The molecule has 7 nitrogen and oxygen atoms in total. The molecule has 1 aliphatic heterocycles. The minimum Gasteiger partial charge on any atom is -0.497 e. The molecule has 0 aromatic heterocycles. The summed E-state index contributed by atoms with van der Waals surface area (Å²) in [7, 11) is 3.22. The van der Waals surface area contributed by atoms with Crippen LogP contribution in [0.1, 0.15) is 30.0 Å². The summed E-state index contributed by atoms with van der Waals surface area (Å²) in [5.41, 5.74) is 1.94. The highest BCUT2D eigenvalue weighted by molar-refractivity contribution is 5.65. The van der Waals surface area contributed by atoms with Gasteiger partial charge in [0.25, 0.3) is 5.69 Å². The van der Waals surface area contributed by atoms with E-state index in [-0.39, 0.29) is 11.7 Å². The molecule has 0 bridgehead atoms. The lowest BCUT2D eigenvalue weighted by Gasteiger charge is -2.29. The number of anilines is 1. The van der Waals surface area contributed by atoms with Crippen LogP contribution < -0.4 is 14.4 Å². The fourth-order valence-corrected chi connectivity index (χ4v) is 3.45. The van der Waals surface area contributed by atoms with Gasteiger partial charge in [0.1, 0.15) is 17.6 Å².